The molecule has 7 nitrogen and oxygen atoms in total. The molecule has 2 heterocycles. The summed E-state index contributed by atoms with van der Waals surface area (Å²) in [5, 5.41) is 0.342. The number of esters is 2. The van der Waals surface area contributed by atoms with Crippen LogP contribution in [0.3, 0.4) is 0 Å². The molecule has 45 heavy (non-hydrogen) atoms. The van der Waals surface area contributed by atoms with E-state index in [4.69, 9.17) is 14.5 Å². The summed E-state index contributed by atoms with van der Waals surface area (Å²) in [5.41, 5.74) is 1.59. The Hall–Kier alpha value is -5.15. The Kier molecular flexibility index (Phi) is 8.28. The molecule has 2 atom stereocenters. The molecule has 0 bridgehead atoms. The molecule has 0 radical (unpaired) electrons. The molecule has 1 fully saturated rings. The van der Waals surface area contributed by atoms with Gasteiger partial charge < -0.3 is 14.4 Å². The van der Waals surface area contributed by atoms with Gasteiger partial charge in [-0.15, -0.1) is 0 Å². The topological polar surface area (TPSA) is 85.8 Å². The zero-order chi connectivity index (χ0) is 31.6. The zero-order valence-corrected chi connectivity index (χ0v) is 25.4. The highest BCUT2D eigenvalue weighted by molar-refractivity contribution is 7.18. The van der Waals surface area contributed by atoms with Crippen molar-refractivity contribution in [3.8, 4) is 11.3 Å². The second-order valence-corrected chi connectivity index (χ2v) is 11.6. The maximum Gasteiger partial charge on any atom is 0.328 e. The van der Waals surface area contributed by atoms with Gasteiger partial charge in [0.2, 0.25) is 5.78 Å². The van der Waals surface area contributed by atoms with Crippen molar-refractivity contribution in [3.63, 3.8) is 0 Å². The summed E-state index contributed by atoms with van der Waals surface area (Å²) >= 11 is 1.11. The normalized spacial score (nSPS) is 17.1. The average molecular weight is 621 g/mol. The molecule has 0 spiro atoms. The first-order valence-electron chi connectivity index (χ1n) is 14.3. The Balaban J connectivity index is 1.67. The molecule has 0 saturated carbocycles. The van der Waals surface area contributed by atoms with Crippen molar-refractivity contribution in [1.29, 1.82) is 0 Å². The Morgan fingerprint density at radius 3 is 1.84 bits per heavy atom. The van der Waals surface area contributed by atoms with Gasteiger partial charge in [-0.1, -0.05) is 102 Å². The number of carbonyl (C=O) groups excluding carboxylic acids is 3. The van der Waals surface area contributed by atoms with Crippen molar-refractivity contribution < 1.29 is 28.2 Å². The number of anilines is 1. The van der Waals surface area contributed by atoms with E-state index >= 15 is 0 Å². The van der Waals surface area contributed by atoms with Gasteiger partial charge in [0.15, 0.2) is 5.13 Å². The number of ketones is 1. The number of methoxy groups -OCH3 is 2. The maximum atomic E-state index is 14.0. The molecule has 1 saturated heterocycles. The Labute approximate surface area is 263 Å². The summed E-state index contributed by atoms with van der Waals surface area (Å²) in [5.74, 6) is -2.71. The highest BCUT2D eigenvalue weighted by Crippen LogP contribution is 2.55. The Bertz CT molecular complexity index is 1790. The number of hydrogen-bond donors (Lipinski definition) is 0. The van der Waals surface area contributed by atoms with Crippen molar-refractivity contribution >= 4 is 34.2 Å². The number of rotatable bonds is 8. The van der Waals surface area contributed by atoms with Gasteiger partial charge in [-0.05, 0) is 41.8 Å². The van der Waals surface area contributed by atoms with E-state index in [0.717, 1.165) is 22.5 Å². The third-order valence-corrected chi connectivity index (χ3v) is 9.28. The fourth-order valence-electron chi connectivity index (χ4n) is 6.27. The summed E-state index contributed by atoms with van der Waals surface area (Å²) in [4.78, 5) is 48.5. The second kappa shape index (κ2) is 12.5. The lowest BCUT2D eigenvalue weighted by Crippen LogP contribution is -2.52. The van der Waals surface area contributed by atoms with E-state index < -0.39 is 35.3 Å². The number of carbonyl (C=O) groups is 3. The van der Waals surface area contributed by atoms with Gasteiger partial charge in [-0.25, -0.2) is 14.2 Å². The molecule has 4 aromatic carbocycles. The van der Waals surface area contributed by atoms with Gasteiger partial charge in [0.25, 0.3) is 0 Å². The molecule has 5 aromatic rings. The van der Waals surface area contributed by atoms with E-state index in [9.17, 15) is 18.8 Å². The SMILES string of the molecule is COC(=O)[C@H]1C[C@@H](C(=O)OC)C(c2ccccc2)(c2ccccc2)N1c1nc(-c2ccccc2)c(C(=O)c2ccc(F)cc2)s1. The first kappa shape index (κ1) is 29.9. The second-order valence-electron chi connectivity index (χ2n) is 10.6. The van der Waals surface area contributed by atoms with Crippen LogP contribution >= 0.6 is 11.3 Å². The highest BCUT2D eigenvalue weighted by atomic mass is 32.1. The number of nitrogens with zero attached hydrogens (tertiary/aromatic N) is 2. The summed E-state index contributed by atoms with van der Waals surface area (Å²) < 4.78 is 24.5. The van der Waals surface area contributed by atoms with Gasteiger partial charge in [-0.2, -0.15) is 0 Å². The standard InChI is InChI=1S/C36H29FN2O5S/c1-43-33(41)28-22-29(34(42)44-2)39(36(28,25-14-8-4-9-15-25)26-16-10-5-11-17-26)35-38-30(23-12-6-3-7-13-23)32(45-35)31(40)24-18-20-27(37)21-19-24/h3-21,28-29H,22H2,1-2H3/t28-,29+/m0/s1. The van der Waals surface area contributed by atoms with Crippen LogP contribution in [0.15, 0.2) is 115 Å². The molecule has 0 unspecified atom stereocenters. The largest absolute Gasteiger partial charge is 0.469 e. The molecule has 9 heteroatoms. The Morgan fingerprint density at radius 1 is 0.778 bits per heavy atom. The molecule has 0 amide bonds. The van der Waals surface area contributed by atoms with Gasteiger partial charge >= 0.3 is 11.9 Å². The van der Waals surface area contributed by atoms with Crippen LogP contribution in [0, 0.1) is 11.7 Å². The summed E-state index contributed by atoms with van der Waals surface area (Å²) in [6, 6.07) is 32.5. The molecular weight excluding hydrogens is 591 g/mol. The summed E-state index contributed by atoms with van der Waals surface area (Å²) in [7, 11) is 2.63. The predicted molar refractivity (Wildman–Crippen MR) is 169 cm³/mol. The summed E-state index contributed by atoms with van der Waals surface area (Å²) in [6.45, 7) is 0. The minimum Gasteiger partial charge on any atom is -0.469 e. The highest BCUT2D eigenvalue weighted by Gasteiger charge is 2.62. The third kappa shape index (κ3) is 5.19. The van der Waals surface area contributed by atoms with Crippen molar-refractivity contribution in [2.75, 3.05) is 19.1 Å². The van der Waals surface area contributed by atoms with E-state index in [1.807, 2.05) is 95.9 Å². The van der Waals surface area contributed by atoms with Gasteiger partial charge in [0.1, 0.15) is 22.3 Å². The zero-order valence-electron chi connectivity index (χ0n) is 24.6. The van der Waals surface area contributed by atoms with Crippen LogP contribution < -0.4 is 4.90 Å². The minimum absolute atomic E-state index is 0.0740. The van der Waals surface area contributed by atoms with E-state index in [1.165, 1.54) is 38.5 Å². The Morgan fingerprint density at radius 2 is 1.31 bits per heavy atom. The number of halogens is 1. The number of aromatic nitrogens is 1. The van der Waals surface area contributed by atoms with Crippen LogP contribution in [0.25, 0.3) is 11.3 Å². The molecule has 1 aromatic heterocycles. The third-order valence-electron chi connectivity index (χ3n) is 8.22. The lowest BCUT2D eigenvalue weighted by molar-refractivity contribution is -0.147. The molecule has 0 aliphatic carbocycles. The van der Waals surface area contributed by atoms with Gasteiger partial charge in [-0.3, -0.25) is 9.59 Å². The van der Waals surface area contributed by atoms with Gasteiger partial charge in [0.05, 0.1) is 25.8 Å². The molecule has 0 N–H and O–H groups in total. The van der Waals surface area contributed by atoms with Crippen LogP contribution in [-0.2, 0) is 24.6 Å². The van der Waals surface area contributed by atoms with Crippen molar-refractivity contribution in [1.82, 2.24) is 4.98 Å². The van der Waals surface area contributed by atoms with E-state index in [-0.39, 0.29) is 12.2 Å². The maximum absolute atomic E-state index is 14.0. The minimum atomic E-state index is -1.27. The van der Waals surface area contributed by atoms with Crippen LogP contribution in [0.1, 0.15) is 32.8 Å². The van der Waals surface area contributed by atoms with Crippen LogP contribution in [0.4, 0.5) is 9.52 Å². The van der Waals surface area contributed by atoms with Gasteiger partial charge in [0, 0.05) is 11.1 Å². The first-order valence-corrected chi connectivity index (χ1v) is 15.1. The lowest BCUT2D eigenvalue weighted by Gasteiger charge is -2.43. The number of ether oxygens (including phenoxy) is 2. The van der Waals surface area contributed by atoms with Crippen molar-refractivity contribution in [2.45, 2.75) is 18.0 Å². The van der Waals surface area contributed by atoms with E-state index in [1.54, 1.807) is 0 Å². The number of hydrogen-bond acceptors (Lipinski definition) is 8. The van der Waals surface area contributed by atoms with Crippen LogP contribution in [0.2, 0.25) is 0 Å². The number of benzene rings is 4. The summed E-state index contributed by atoms with van der Waals surface area (Å²) in [6.07, 6.45) is 0.0740. The predicted octanol–water partition coefficient (Wildman–Crippen LogP) is 6.66. The average Bonchev–Trinajstić information content (AvgIpc) is 3.70. The van der Waals surface area contributed by atoms with Crippen LogP contribution in [-0.4, -0.2) is 43.0 Å². The molecule has 226 valence electrons. The fraction of sp³-hybridized carbons (Fsp3) is 0.167. The lowest BCUT2D eigenvalue weighted by atomic mass is 9.73. The molecular formula is C36H29FN2O5S. The monoisotopic (exact) mass is 620 g/mol. The quantitative estimate of drug-likeness (QED) is 0.142. The van der Waals surface area contributed by atoms with Crippen molar-refractivity contribution in [3.05, 3.63) is 143 Å². The molecule has 6 rings (SSSR count). The molecule has 1 aliphatic rings. The first-order chi connectivity index (χ1) is 21.9. The fourth-order valence-corrected chi connectivity index (χ4v) is 7.43. The smallest absolute Gasteiger partial charge is 0.328 e. The van der Waals surface area contributed by atoms with Crippen molar-refractivity contribution in [2.24, 2.45) is 5.92 Å². The van der Waals surface area contributed by atoms with E-state index in [2.05, 4.69) is 0 Å². The van der Waals surface area contributed by atoms with E-state index in [0.29, 0.717) is 26.8 Å². The van der Waals surface area contributed by atoms with Crippen LogP contribution in [0.5, 0.6) is 0 Å². The number of thiazole rings is 1. The molecule has 1 aliphatic heterocycles.